The molecule has 6 heteroatoms. The van der Waals surface area contributed by atoms with E-state index in [4.69, 9.17) is 0 Å². The lowest BCUT2D eigenvalue weighted by atomic mass is 10.1. The predicted molar refractivity (Wildman–Crippen MR) is 101 cm³/mol. The van der Waals surface area contributed by atoms with E-state index in [0.29, 0.717) is 24.2 Å². The van der Waals surface area contributed by atoms with Gasteiger partial charge in [0.05, 0.1) is 29.7 Å². The number of amides is 1. The van der Waals surface area contributed by atoms with Crippen LogP contribution in [0.4, 0.5) is 4.39 Å². The second-order valence-electron chi connectivity index (χ2n) is 6.18. The molecule has 0 saturated carbocycles. The average Bonchev–Trinajstić information content (AvgIpc) is 3.12. The van der Waals surface area contributed by atoms with Crippen LogP contribution in [0.25, 0.3) is 5.69 Å². The Morgan fingerprint density at radius 3 is 2.48 bits per heavy atom. The molecule has 5 nitrogen and oxygen atoms in total. The topological polar surface area (TPSA) is 58.4 Å². The molecular formula is C21H22FN3O2. The summed E-state index contributed by atoms with van der Waals surface area (Å²) in [5.74, 6) is -0.504. The van der Waals surface area contributed by atoms with Crippen LogP contribution in [0.15, 0.2) is 60.8 Å². The number of hydrogen-bond donors (Lipinski definition) is 1. The van der Waals surface area contributed by atoms with Crippen molar-refractivity contribution < 1.29 is 14.3 Å². The molecule has 1 heterocycles. The van der Waals surface area contributed by atoms with E-state index in [1.165, 1.54) is 12.1 Å². The Morgan fingerprint density at radius 2 is 1.85 bits per heavy atom. The second kappa shape index (κ2) is 8.60. The third kappa shape index (κ3) is 4.23. The van der Waals surface area contributed by atoms with Crippen molar-refractivity contribution in [2.24, 2.45) is 0 Å². The summed E-state index contributed by atoms with van der Waals surface area (Å²) < 4.78 is 14.9. The molecule has 1 aromatic heterocycles. The molecule has 0 bridgehead atoms. The number of benzene rings is 2. The third-order valence-electron chi connectivity index (χ3n) is 4.38. The third-order valence-corrected chi connectivity index (χ3v) is 4.38. The first-order valence-electron chi connectivity index (χ1n) is 8.91. The monoisotopic (exact) mass is 367 g/mol. The molecule has 0 fully saturated rings. The Bertz CT molecular complexity index is 892. The Morgan fingerprint density at radius 1 is 1.15 bits per heavy atom. The van der Waals surface area contributed by atoms with Crippen molar-refractivity contribution in [2.75, 3.05) is 13.2 Å². The Hall–Kier alpha value is -2.99. The van der Waals surface area contributed by atoms with Crippen LogP contribution in [0.2, 0.25) is 0 Å². The zero-order valence-corrected chi connectivity index (χ0v) is 15.2. The molecule has 1 amide bonds. The molecule has 0 unspecified atom stereocenters. The minimum atomic E-state index is -0.322. The van der Waals surface area contributed by atoms with Crippen LogP contribution < -0.4 is 0 Å². The van der Waals surface area contributed by atoms with Crippen molar-refractivity contribution >= 4 is 5.91 Å². The van der Waals surface area contributed by atoms with Crippen molar-refractivity contribution in [2.45, 2.75) is 19.9 Å². The van der Waals surface area contributed by atoms with Crippen LogP contribution in [0.5, 0.6) is 0 Å². The van der Waals surface area contributed by atoms with E-state index in [1.54, 1.807) is 27.9 Å². The second-order valence-corrected chi connectivity index (χ2v) is 6.18. The summed E-state index contributed by atoms with van der Waals surface area (Å²) in [6.45, 7) is 2.47. The normalized spacial score (nSPS) is 10.8. The SMILES string of the molecule is CCc1c(C(=O)N(CCO)Cc2ccccc2)cnn1-c1ccc(F)cc1. The van der Waals surface area contributed by atoms with Gasteiger partial charge in [-0.2, -0.15) is 5.10 Å². The van der Waals surface area contributed by atoms with Crippen molar-refractivity contribution in [3.05, 3.63) is 83.4 Å². The van der Waals surface area contributed by atoms with E-state index < -0.39 is 0 Å². The minimum Gasteiger partial charge on any atom is -0.395 e. The number of hydrogen-bond acceptors (Lipinski definition) is 3. The highest BCUT2D eigenvalue weighted by Gasteiger charge is 2.22. The lowest BCUT2D eigenvalue weighted by Gasteiger charge is -2.22. The van der Waals surface area contributed by atoms with Gasteiger partial charge in [0.2, 0.25) is 0 Å². The van der Waals surface area contributed by atoms with Gasteiger partial charge in [-0.1, -0.05) is 37.3 Å². The standard InChI is InChI=1S/C21H22FN3O2/c1-2-20-19(14-23-25(20)18-10-8-17(22)9-11-18)21(27)24(12-13-26)15-16-6-4-3-5-7-16/h3-11,14,26H,2,12-13,15H2,1H3. The quantitative estimate of drug-likeness (QED) is 0.698. The van der Waals surface area contributed by atoms with Gasteiger partial charge in [-0.15, -0.1) is 0 Å². The van der Waals surface area contributed by atoms with Gasteiger partial charge in [-0.25, -0.2) is 9.07 Å². The van der Waals surface area contributed by atoms with Gasteiger partial charge >= 0.3 is 0 Å². The maximum atomic E-state index is 13.2. The number of nitrogens with zero attached hydrogens (tertiary/aromatic N) is 3. The van der Waals surface area contributed by atoms with Crippen LogP contribution >= 0.6 is 0 Å². The predicted octanol–water partition coefficient (Wildman–Crippen LogP) is 3.21. The van der Waals surface area contributed by atoms with Crippen molar-refractivity contribution in [1.82, 2.24) is 14.7 Å². The van der Waals surface area contributed by atoms with Crippen LogP contribution in [0.3, 0.4) is 0 Å². The lowest BCUT2D eigenvalue weighted by Crippen LogP contribution is -2.33. The van der Waals surface area contributed by atoms with Crippen LogP contribution in [-0.2, 0) is 13.0 Å². The zero-order chi connectivity index (χ0) is 19.2. The van der Waals surface area contributed by atoms with Crippen molar-refractivity contribution in [3.63, 3.8) is 0 Å². The summed E-state index contributed by atoms with van der Waals surface area (Å²) >= 11 is 0. The number of aliphatic hydroxyl groups is 1. The van der Waals surface area contributed by atoms with E-state index in [0.717, 1.165) is 11.3 Å². The van der Waals surface area contributed by atoms with Gasteiger partial charge in [0, 0.05) is 13.1 Å². The van der Waals surface area contributed by atoms with Crippen LogP contribution in [0.1, 0.15) is 28.5 Å². The highest BCUT2D eigenvalue weighted by molar-refractivity contribution is 5.95. The van der Waals surface area contributed by atoms with E-state index in [1.807, 2.05) is 37.3 Å². The molecule has 3 rings (SSSR count). The van der Waals surface area contributed by atoms with Crippen LogP contribution in [0, 0.1) is 5.82 Å². The molecule has 1 N–H and O–H groups in total. The van der Waals surface area contributed by atoms with Crippen LogP contribution in [-0.4, -0.2) is 38.8 Å². The fourth-order valence-corrected chi connectivity index (χ4v) is 3.04. The van der Waals surface area contributed by atoms with Gasteiger partial charge in [0.1, 0.15) is 5.82 Å². The van der Waals surface area contributed by atoms with E-state index in [2.05, 4.69) is 5.10 Å². The number of carbonyl (C=O) groups is 1. The average molecular weight is 367 g/mol. The number of halogens is 1. The maximum Gasteiger partial charge on any atom is 0.257 e. The van der Waals surface area contributed by atoms with Crippen molar-refractivity contribution in [3.8, 4) is 5.69 Å². The molecule has 0 aliphatic heterocycles. The molecule has 0 radical (unpaired) electrons. The largest absolute Gasteiger partial charge is 0.395 e. The Labute approximate surface area is 157 Å². The summed E-state index contributed by atoms with van der Waals surface area (Å²) in [7, 11) is 0. The van der Waals surface area contributed by atoms with E-state index in [9.17, 15) is 14.3 Å². The summed E-state index contributed by atoms with van der Waals surface area (Å²) in [5, 5.41) is 13.7. The summed E-state index contributed by atoms with van der Waals surface area (Å²) in [5.41, 5.74) is 2.93. The molecule has 0 aliphatic carbocycles. The summed E-state index contributed by atoms with van der Waals surface area (Å²) in [6.07, 6.45) is 2.14. The fraction of sp³-hybridized carbons (Fsp3) is 0.238. The zero-order valence-electron chi connectivity index (χ0n) is 15.2. The van der Waals surface area contributed by atoms with Gasteiger partial charge in [0.15, 0.2) is 0 Å². The fourth-order valence-electron chi connectivity index (χ4n) is 3.04. The summed E-state index contributed by atoms with van der Waals surface area (Å²) in [6, 6.07) is 15.6. The van der Waals surface area contributed by atoms with Crippen molar-refractivity contribution in [1.29, 1.82) is 0 Å². The Balaban J connectivity index is 1.91. The first kappa shape index (κ1) is 18.8. The molecule has 0 atom stereocenters. The van der Waals surface area contributed by atoms with Gasteiger partial charge in [-0.05, 0) is 36.2 Å². The molecule has 2 aromatic carbocycles. The Kier molecular flexibility index (Phi) is 5.98. The number of rotatable bonds is 7. The lowest BCUT2D eigenvalue weighted by molar-refractivity contribution is 0.0706. The molecule has 0 spiro atoms. The molecule has 0 aliphatic rings. The van der Waals surface area contributed by atoms with E-state index in [-0.39, 0.29) is 24.9 Å². The number of carbonyl (C=O) groups excluding carboxylic acids is 1. The highest BCUT2D eigenvalue weighted by atomic mass is 19.1. The molecule has 140 valence electrons. The van der Waals surface area contributed by atoms with Gasteiger partial charge < -0.3 is 10.0 Å². The first-order chi connectivity index (χ1) is 13.1. The summed E-state index contributed by atoms with van der Waals surface area (Å²) in [4.78, 5) is 14.7. The number of aromatic nitrogens is 2. The van der Waals surface area contributed by atoms with Gasteiger partial charge in [0.25, 0.3) is 5.91 Å². The molecule has 3 aromatic rings. The first-order valence-corrected chi connectivity index (χ1v) is 8.91. The molecule has 27 heavy (non-hydrogen) atoms. The minimum absolute atomic E-state index is 0.119. The smallest absolute Gasteiger partial charge is 0.257 e. The van der Waals surface area contributed by atoms with Gasteiger partial charge in [-0.3, -0.25) is 4.79 Å². The van der Waals surface area contributed by atoms with E-state index >= 15 is 0 Å². The maximum absolute atomic E-state index is 13.2. The molecular weight excluding hydrogens is 345 g/mol. The number of aliphatic hydroxyl groups excluding tert-OH is 1. The molecule has 0 saturated heterocycles. The highest BCUT2D eigenvalue weighted by Crippen LogP contribution is 2.19.